The van der Waals surface area contributed by atoms with Crippen LogP contribution >= 0.6 is 33.9 Å². The Balaban J connectivity index is 2.10. The number of hydrogen-bond acceptors (Lipinski definition) is 3. The molecule has 15 heavy (non-hydrogen) atoms. The first-order chi connectivity index (χ1) is 7.24. The van der Waals surface area contributed by atoms with Crippen LogP contribution in [-0.4, -0.2) is 16.0 Å². The van der Waals surface area contributed by atoms with Crippen LogP contribution in [0.15, 0.2) is 0 Å². The molecule has 1 aromatic heterocycles. The van der Waals surface area contributed by atoms with Crippen LogP contribution in [0, 0.1) is 13.8 Å². The van der Waals surface area contributed by atoms with E-state index in [2.05, 4.69) is 46.7 Å². The van der Waals surface area contributed by atoms with Crippen molar-refractivity contribution in [2.75, 3.05) is 11.0 Å². The second kappa shape index (κ2) is 7.57. The summed E-state index contributed by atoms with van der Waals surface area (Å²) in [5, 5.41) is 4.67. The van der Waals surface area contributed by atoms with Crippen LogP contribution in [-0.2, 0) is 6.54 Å². The summed E-state index contributed by atoms with van der Waals surface area (Å²) >= 11 is 4.24. The molecule has 0 radical (unpaired) electrons. The molecule has 0 atom stereocenters. The highest BCUT2D eigenvalue weighted by Crippen LogP contribution is 2.15. The van der Waals surface area contributed by atoms with Crippen LogP contribution in [0.2, 0.25) is 0 Å². The maximum Gasteiger partial charge on any atom is 0.107 e. The Bertz CT molecular complexity index is 267. The number of unbranched alkanes of at least 4 members (excludes halogenated alkanes) is 2. The van der Waals surface area contributed by atoms with Crippen molar-refractivity contribution in [3.63, 3.8) is 0 Å². The Kier molecular flexibility index (Phi) is 6.76. The molecule has 86 valence electrons. The number of nitrogens with zero attached hydrogens (tertiary/aromatic N) is 1. The van der Waals surface area contributed by atoms with Gasteiger partial charge in [0, 0.05) is 11.4 Å². The Hall–Kier alpha value is 0.320. The molecule has 4 heteroatoms. The minimum absolute atomic E-state index is 0.934. The van der Waals surface area contributed by atoms with Gasteiger partial charge in [-0.25, -0.2) is 4.98 Å². The summed E-state index contributed by atoms with van der Waals surface area (Å²) in [5.41, 5.74) is 1.18. The molecule has 0 saturated carbocycles. The second-order valence-corrected chi connectivity index (χ2v) is 6.04. The van der Waals surface area contributed by atoms with Gasteiger partial charge in [-0.15, -0.1) is 11.3 Å². The van der Waals surface area contributed by atoms with E-state index in [0.717, 1.165) is 13.1 Å². The standard InChI is InChI=1S/C11H19IN2S/c1-9-10(2)15-11(14-9)8-13-7-5-3-4-6-12/h13H,3-8H2,1-2H3. The number of halogens is 1. The molecule has 0 fully saturated rings. The Morgan fingerprint density at radius 1 is 1.27 bits per heavy atom. The van der Waals surface area contributed by atoms with E-state index in [1.807, 2.05) is 11.3 Å². The van der Waals surface area contributed by atoms with Gasteiger partial charge in [-0.2, -0.15) is 0 Å². The minimum Gasteiger partial charge on any atom is -0.310 e. The molecule has 0 aliphatic rings. The molecule has 0 unspecified atom stereocenters. The van der Waals surface area contributed by atoms with Crippen LogP contribution in [0.4, 0.5) is 0 Å². The zero-order chi connectivity index (χ0) is 11.1. The largest absolute Gasteiger partial charge is 0.310 e. The lowest BCUT2D eigenvalue weighted by Crippen LogP contribution is -2.14. The number of hydrogen-bond donors (Lipinski definition) is 1. The van der Waals surface area contributed by atoms with Crippen molar-refractivity contribution in [3.8, 4) is 0 Å². The maximum absolute atomic E-state index is 4.50. The smallest absolute Gasteiger partial charge is 0.107 e. The van der Waals surface area contributed by atoms with E-state index in [0.29, 0.717) is 0 Å². The van der Waals surface area contributed by atoms with Crippen molar-refractivity contribution >= 4 is 33.9 Å². The third-order valence-electron chi connectivity index (χ3n) is 2.34. The van der Waals surface area contributed by atoms with Gasteiger partial charge in [0.2, 0.25) is 0 Å². The van der Waals surface area contributed by atoms with Gasteiger partial charge in [-0.3, -0.25) is 0 Å². The van der Waals surface area contributed by atoms with E-state index in [-0.39, 0.29) is 0 Å². The molecular formula is C11H19IN2S. The molecule has 0 saturated heterocycles. The lowest BCUT2D eigenvalue weighted by Gasteiger charge is -2.01. The highest BCUT2D eigenvalue weighted by Gasteiger charge is 2.02. The van der Waals surface area contributed by atoms with Crippen molar-refractivity contribution in [1.82, 2.24) is 10.3 Å². The lowest BCUT2D eigenvalue weighted by molar-refractivity contribution is 0.618. The van der Waals surface area contributed by atoms with Gasteiger partial charge in [0.1, 0.15) is 5.01 Å². The van der Waals surface area contributed by atoms with Gasteiger partial charge in [0.25, 0.3) is 0 Å². The van der Waals surface area contributed by atoms with Gasteiger partial charge < -0.3 is 5.32 Å². The normalized spacial score (nSPS) is 10.9. The van der Waals surface area contributed by atoms with E-state index in [1.54, 1.807) is 0 Å². The maximum atomic E-state index is 4.50. The zero-order valence-electron chi connectivity index (χ0n) is 9.48. The summed E-state index contributed by atoms with van der Waals surface area (Å²) < 4.78 is 1.28. The zero-order valence-corrected chi connectivity index (χ0v) is 12.5. The molecule has 0 aromatic carbocycles. The summed E-state index contributed by atoms with van der Waals surface area (Å²) in [6.45, 7) is 6.27. The minimum atomic E-state index is 0.934. The fourth-order valence-corrected chi connectivity index (χ4v) is 2.77. The van der Waals surface area contributed by atoms with Crippen LogP contribution in [0.25, 0.3) is 0 Å². The first-order valence-electron chi connectivity index (χ1n) is 5.43. The first-order valence-corrected chi connectivity index (χ1v) is 7.78. The number of aryl methyl sites for hydroxylation is 2. The van der Waals surface area contributed by atoms with Gasteiger partial charge in [0.05, 0.1) is 5.69 Å². The molecule has 2 nitrogen and oxygen atoms in total. The predicted molar refractivity (Wildman–Crippen MR) is 76.0 cm³/mol. The monoisotopic (exact) mass is 338 g/mol. The summed E-state index contributed by atoms with van der Waals surface area (Å²) in [4.78, 5) is 5.84. The Morgan fingerprint density at radius 3 is 2.67 bits per heavy atom. The third kappa shape index (κ3) is 5.26. The van der Waals surface area contributed by atoms with Gasteiger partial charge >= 0.3 is 0 Å². The first kappa shape index (κ1) is 13.4. The molecule has 1 N–H and O–H groups in total. The molecule has 1 aromatic rings. The summed E-state index contributed by atoms with van der Waals surface area (Å²) in [7, 11) is 0. The van der Waals surface area contributed by atoms with E-state index < -0.39 is 0 Å². The quantitative estimate of drug-likeness (QED) is 0.468. The molecule has 0 aliphatic carbocycles. The predicted octanol–water partition coefficient (Wildman–Crippen LogP) is 3.45. The fourth-order valence-electron chi connectivity index (χ4n) is 1.33. The number of aromatic nitrogens is 1. The van der Waals surface area contributed by atoms with Gasteiger partial charge in [0.15, 0.2) is 0 Å². The van der Waals surface area contributed by atoms with Crippen molar-refractivity contribution < 1.29 is 0 Å². The Morgan fingerprint density at radius 2 is 2.07 bits per heavy atom. The SMILES string of the molecule is Cc1nc(CNCCCCCI)sc1C. The van der Waals surface area contributed by atoms with Crippen LogP contribution < -0.4 is 5.32 Å². The van der Waals surface area contributed by atoms with E-state index in [4.69, 9.17) is 0 Å². The number of nitrogens with one attached hydrogen (secondary N) is 1. The van der Waals surface area contributed by atoms with Gasteiger partial charge in [-0.05, 0) is 37.7 Å². The van der Waals surface area contributed by atoms with Crippen molar-refractivity contribution in [1.29, 1.82) is 0 Å². The number of rotatable bonds is 7. The molecule has 0 spiro atoms. The number of thiazole rings is 1. The molecule has 1 heterocycles. The third-order valence-corrected chi connectivity index (χ3v) is 4.17. The number of alkyl halides is 1. The summed E-state index contributed by atoms with van der Waals surface area (Å²) in [6, 6.07) is 0. The molecule has 0 aliphatic heterocycles. The van der Waals surface area contributed by atoms with E-state index >= 15 is 0 Å². The average Bonchev–Trinajstić information content (AvgIpc) is 2.52. The molecule has 0 amide bonds. The van der Waals surface area contributed by atoms with Gasteiger partial charge in [-0.1, -0.05) is 29.0 Å². The lowest BCUT2D eigenvalue weighted by atomic mass is 10.2. The average molecular weight is 338 g/mol. The molecular weight excluding hydrogens is 319 g/mol. The topological polar surface area (TPSA) is 24.9 Å². The highest BCUT2D eigenvalue weighted by molar-refractivity contribution is 14.1. The Labute approximate surface area is 110 Å². The highest BCUT2D eigenvalue weighted by atomic mass is 127. The van der Waals surface area contributed by atoms with Crippen molar-refractivity contribution in [2.45, 2.75) is 39.7 Å². The summed E-state index contributed by atoms with van der Waals surface area (Å²) in [6.07, 6.45) is 3.97. The van der Waals surface area contributed by atoms with E-state index in [1.165, 1.54) is 39.3 Å². The fraction of sp³-hybridized carbons (Fsp3) is 0.727. The van der Waals surface area contributed by atoms with Crippen LogP contribution in [0.1, 0.15) is 34.8 Å². The molecule has 1 rings (SSSR count). The van der Waals surface area contributed by atoms with Crippen molar-refractivity contribution in [2.24, 2.45) is 0 Å². The molecule has 0 bridgehead atoms. The van der Waals surface area contributed by atoms with Crippen molar-refractivity contribution in [3.05, 3.63) is 15.6 Å². The van der Waals surface area contributed by atoms with Crippen LogP contribution in [0.3, 0.4) is 0 Å². The summed E-state index contributed by atoms with van der Waals surface area (Å²) in [5.74, 6) is 0. The second-order valence-electron chi connectivity index (χ2n) is 3.68. The van der Waals surface area contributed by atoms with E-state index in [9.17, 15) is 0 Å². The van der Waals surface area contributed by atoms with Crippen LogP contribution in [0.5, 0.6) is 0 Å².